The second-order valence-electron chi connectivity index (χ2n) is 4.83. The van der Waals surface area contributed by atoms with Crippen LogP contribution >= 0.6 is 0 Å². The highest BCUT2D eigenvalue weighted by molar-refractivity contribution is 7.91. The number of rotatable bonds is 8. The maximum Gasteiger partial charge on any atom is 0.323 e. The molecule has 1 saturated heterocycles. The Balaban J connectivity index is 2.60. The number of aliphatic carboxylic acids is 1. The minimum Gasteiger partial charge on any atom is -0.480 e. The van der Waals surface area contributed by atoms with Crippen LogP contribution in [0, 0.1) is 0 Å². The third-order valence-electron chi connectivity index (χ3n) is 3.08. The Bertz CT molecular complexity index is 447. The van der Waals surface area contributed by atoms with Crippen LogP contribution in [0.1, 0.15) is 26.2 Å². The molecule has 1 rings (SSSR count). The van der Waals surface area contributed by atoms with E-state index in [1.54, 1.807) is 0 Å². The van der Waals surface area contributed by atoms with E-state index in [4.69, 9.17) is 9.84 Å². The largest absolute Gasteiger partial charge is 0.480 e. The van der Waals surface area contributed by atoms with E-state index < -0.39 is 28.4 Å². The lowest BCUT2D eigenvalue weighted by atomic mass is 10.2. The Kier molecular flexibility index (Phi) is 6.41. The van der Waals surface area contributed by atoms with Gasteiger partial charge in [0.2, 0.25) is 5.91 Å². The number of nitrogens with zero attached hydrogens (tertiary/aromatic N) is 1. The van der Waals surface area contributed by atoms with E-state index in [0.29, 0.717) is 13.0 Å². The van der Waals surface area contributed by atoms with Gasteiger partial charge in [-0.2, -0.15) is 0 Å². The van der Waals surface area contributed by atoms with Crippen molar-refractivity contribution in [3.63, 3.8) is 0 Å². The van der Waals surface area contributed by atoms with Gasteiger partial charge in [-0.15, -0.1) is 0 Å². The molecular weight excluding hydrogens is 286 g/mol. The van der Waals surface area contributed by atoms with Gasteiger partial charge in [-0.1, -0.05) is 6.92 Å². The van der Waals surface area contributed by atoms with Crippen molar-refractivity contribution in [1.82, 2.24) is 4.90 Å². The van der Waals surface area contributed by atoms with Crippen LogP contribution in [0.2, 0.25) is 0 Å². The summed E-state index contributed by atoms with van der Waals surface area (Å²) in [5.41, 5.74) is 0. The number of hydrogen-bond acceptors (Lipinski definition) is 5. The normalized spacial score (nSPS) is 20.8. The molecule has 1 aliphatic rings. The van der Waals surface area contributed by atoms with Gasteiger partial charge in [0.25, 0.3) is 0 Å². The third-order valence-corrected chi connectivity index (χ3v) is 4.83. The van der Waals surface area contributed by atoms with Crippen molar-refractivity contribution in [1.29, 1.82) is 0 Å². The molecule has 1 fully saturated rings. The number of hydrogen-bond donors (Lipinski definition) is 1. The number of ether oxygens (including phenoxy) is 1. The van der Waals surface area contributed by atoms with Gasteiger partial charge in [-0.3, -0.25) is 9.59 Å². The molecule has 20 heavy (non-hydrogen) atoms. The maximum atomic E-state index is 12.0. The molecule has 0 bridgehead atoms. The second kappa shape index (κ2) is 7.58. The van der Waals surface area contributed by atoms with Crippen LogP contribution in [-0.4, -0.2) is 67.6 Å². The molecule has 0 aliphatic carbocycles. The summed E-state index contributed by atoms with van der Waals surface area (Å²) < 4.78 is 28.1. The first-order valence-corrected chi connectivity index (χ1v) is 8.47. The highest BCUT2D eigenvalue weighted by Crippen LogP contribution is 2.18. The van der Waals surface area contributed by atoms with Crippen molar-refractivity contribution in [2.24, 2.45) is 0 Å². The predicted octanol–water partition coefficient (Wildman–Crippen LogP) is -0.0966. The summed E-state index contributed by atoms with van der Waals surface area (Å²) in [6.07, 6.45) is 1.22. The van der Waals surface area contributed by atoms with E-state index in [9.17, 15) is 18.0 Å². The average molecular weight is 307 g/mol. The zero-order valence-corrected chi connectivity index (χ0v) is 12.4. The summed E-state index contributed by atoms with van der Waals surface area (Å²) in [7, 11) is -3.16. The number of carboxylic acids is 1. The van der Waals surface area contributed by atoms with E-state index in [0.717, 1.165) is 11.3 Å². The van der Waals surface area contributed by atoms with E-state index in [1.165, 1.54) is 0 Å². The lowest BCUT2D eigenvalue weighted by molar-refractivity contribution is -0.146. The molecule has 0 spiro atoms. The van der Waals surface area contributed by atoms with Crippen molar-refractivity contribution >= 4 is 21.7 Å². The molecule has 1 atom stereocenters. The summed E-state index contributed by atoms with van der Waals surface area (Å²) >= 11 is 0. The second-order valence-corrected chi connectivity index (χ2v) is 7.06. The van der Waals surface area contributed by atoms with Crippen LogP contribution in [0.4, 0.5) is 0 Å². The van der Waals surface area contributed by atoms with Crippen LogP contribution < -0.4 is 0 Å². The van der Waals surface area contributed by atoms with Crippen molar-refractivity contribution in [2.75, 3.05) is 31.3 Å². The zero-order chi connectivity index (χ0) is 15.2. The van der Waals surface area contributed by atoms with E-state index >= 15 is 0 Å². The highest BCUT2D eigenvalue weighted by Gasteiger charge is 2.35. The standard InChI is InChI=1S/C12H21NO6S/c1-2-5-19-6-3-11(14)13(8-12(15)16)10-4-7-20(17,18)9-10/h10H,2-9H2,1H3,(H,15,16). The Hall–Kier alpha value is -1.15. The van der Waals surface area contributed by atoms with Crippen LogP contribution in [0.3, 0.4) is 0 Å². The summed E-state index contributed by atoms with van der Waals surface area (Å²) in [6.45, 7) is 2.25. The average Bonchev–Trinajstić information content (AvgIpc) is 2.71. The maximum absolute atomic E-state index is 12.0. The van der Waals surface area contributed by atoms with Crippen molar-refractivity contribution < 1.29 is 27.9 Å². The lowest BCUT2D eigenvalue weighted by Gasteiger charge is -2.26. The Morgan fingerprint density at radius 3 is 2.55 bits per heavy atom. The van der Waals surface area contributed by atoms with Crippen LogP contribution in [0.5, 0.6) is 0 Å². The molecule has 0 aromatic carbocycles. The van der Waals surface area contributed by atoms with E-state index in [-0.39, 0.29) is 30.4 Å². The summed E-state index contributed by atoms with van der Waals surface area (Å²) in [6, 6.07) is -0.533. The molecule has 116 valence electrons. The number of carbonyl (C=O) groups excluding carboxylic acids is 1. The summed E-state index contributed by atoms with van der Waals surface area (Å²) in [5.74, 6) is -1.65. The fourth-order valence-electron chi connectivity index (χ4n) is 2.14. The van der Waals surface area contributed by atoms with Gasteiger partial charge in [-0.05, 0) is 12.8 Å². The summed E-state index contributed by atoms with van der Waals surface area (Å²) in [4.78, 5) is 24.0. The zero-order valence-electron chi connectivity index (χ0n) is 11.6. The first-order chi connectivity index (χ1) is 9.35. The molecule has 0 saturated carbocycles. The molecule has 0 aromatic heterocycles. The molecule has 0 radical (unpaired) electrons. The first-order valence-electron chi connectivity index (χ1n) is 6.65. The fraction of sp³-hybridized carbons (Fsp3) is 0.833. The number of sulfone groups is 1. The van der Waals surface area contributed by atoms with Gasteiger partial charge >= 0.3 is 5.97 Å². The third kappa shape index (κ3) is 5.46. The van der Waals surface area contributed by atoms with Crippen LogP contribution in [0.15, 0.2) is 0 Å². The highest BCUT2D eigenvalue weighted by atomic mass is 32.2. The molecule has 1 N–H and O–H groups in total. The van der Waals surface area contributed by atoms with Crippen LogP contribution in [0.25, 0.3) is 0 Å². The Morgan fingerprint density at radius 1 is 1.35 bits per heavy atom. The van der Waals surface area contributed by atoms with Crippen LogP contribution in [-0.2, 0) is 24.2 Å². The smallest absolute Gasteiger partial charge is 0.323 e. The van der Waals surface area contributed by atoms with E-state index in [2.05, 4.69) is 0 Å². The molecule has 1 unspecified atom stereocenters. The molecular formula is C12H21NO6S. The van der Waals surface area contributed by atoms with Gasteiger partial charge in [0.1, 0.15) is 6.54 Å². The van der Waals surface area contributed by atoms with Gasteiger partial charge < -0.3 is 14.7 Å². The van der Waals surface area contributed by atoms with Gasteiger partial charge in [0.05, 0.1) is 24.5 Å². The number of carbonyl (C=O) groups is 2. The number of carboxylic acid groups (broad SMARTS) is 1. The van der Waals surface area contributed by atoms with Gasteiger partial charge in [0.15, 0.2) is 9.84 Å². The SMILES string of the molecule is CCCOCCC(=O)N(CC(=O)O)C1CCS(=O)(=O)C1. The summed E-state index contributed by atoms with van der Waals surface area (Å²) in [5, 5.41) is 8.86. The molecule has 0 aromatic rings. The quantitative estimate of drug-likeness (QED) is 0.629. The van der Waals surface area contributed by atoms with Crippen molar-refractivity contribution in [3.05, 3.63) is 0 Å². The van der Waals surface area contributed by atoms with Crippen molar-refractivity contribution in [2.45, 2.75) is 32.2 Å². The van der Waals surface area contributed by atoms with Gasteiger partial charge in [-0.25, -0.2) is 8.42 Å². The lowest BCUT2D eigenvalue weighted by Crippen LogP contribution is -2.44. The minimum absolute atomic E-state index is 0.00734. The Labute approximate surface area is 118 Å². The molecule has 1 amide bonds. The van der Waals surface area contributed by atoms with E-state index in [1.807, 2.05) is 6.92 Å². The molecule has 7 nitrogen and oxygen atoms in total. The fourth-order valence-corrected chi connectivity index (χ4v) is 3.87. The predicted molar refractivity (Wildman–Crippen MR) is 72.1 cm³/mol. The Morgan fingerprint density at radius 2 is 2.05 bits per heavy atom. The number of amides is 1. The minimum atomic E-state index is -3.16. The topological polar surface area (TPSA) is 101 Å². The monoisotopic (exact) mass is 307 g/mol. The van der Waals surface area contributed by atoms with Gasteiger partial charge in [0, 0.05) is 12.6 Å². The first kappa shape index (κ1) is 16.9. The molecule has 8 heteroatoms. The van der Waals surface area contributed by atoms with Crippen molar-refractivity contribution in [3.8, 4) is 0 Å². The molecule has 1 aliphatic heterocycles. The molecule has 1 heterocycles.